The van der Waals surface area contributed by atoms with Gasteiger partial charge < -0.3 is 10.4 Å². The third-order valence-electron chi connectivity index (χ3n) is 3.43. The molecule has 0 bridgehead atoms. The maximum Gasteiger partial charge on any atom is 0.312 e. The van der Waals surface area contributed by atoms with Gasteiger partial charge in [0.05, 0.1) is 16.4 Å². The van der Waals surface area contributed by atoms with E-state index in [1.54, 1.807) is 6.07 Å². The predicted molar refractivity (Wildman–Crippen MR) is 87.9 cm³/mol. The van der Waals surface area contributed by atoms with E-state index in [1.165, 1.54) is 11.3 Å². The van der Waals surface area contributed by atoms with Crippen LogP contribution in [0.1, 0.15) is 29.3 Å². The molecule has 1 atom stereocenters. The number of anilines is 2. The van der Waals surface area contributed by atoms with E-state index in [0.717, 1.165) is 27.9 Å². The zero-order chi connectivity index (χ0) is 15.0. The molecule has 1 unspecified atom stereocenters. The Morgan fingerprint density at radius 3 is 3.05 bits per heavy atom. The highest BCUT2D eigenvalue weighted by atomic mass is 79.9. The van der Waals surface area contributed by atoms with E-state index in [9.17, 15) is 9.90 Å². The number of aryl methyl sites for hydroxylation is 1. The molecule has 0 saturated carbocycles. The Labute approximate surface area is 139 Å². The van der Waals surface area contributed by atoms with Gasteiger partial charge in [0.1, 0.15) is 5.92 Å². The highest BCUT2D eigenvalue weighted by Gasteiger charge is 2.30. The lowest BCUT2D eigenvalue weighted by molar-refractivity contribution is -0.139. The number of aliphatic carboxylic acids is 1. The van der Waals surface area contributed by atoms with Crippen molar-refractivity contribution in [3.8, 4) is 0 Å². The second kappa shape index (κ2) is 5.94. The third kappa shape index (κ3) is 3.07. The SMILES string of the molecule is O=C(O)C1CCCc2sc(Nc3ccc(Br)cc3Cl)nc21. The van der Waals surface area contributed by atoms with Crippen LogP contribution in [0.4, 0.5) is 10.8 Å². The zero-order valence-electron chi connectivity index (χ0n) is 10.9. The molecule has 0 spiro atoms. The van der Waals surface area contributed by atoms with Gasteiger partial charge in [0.25, 0.3) is 0 Å². The summed E-state index contributed by atoms with van der Waals surface area (Å²) >= 11 is 11.0. The van der Waals surface area contributed by atoms with Crippen molar-refractivity contribution in [2.45, 2.75) is 25.2 Å². The molecule has 110 valence electrons. The van der Waals surface area contributed by atoms with Crippen molar-refractivity contribution in [3.05, 3.63) is 38.3 Å². The van der Waals surface area contributed by atoms with Gasteiger partial charge in [0, 0.05) is 9.35 Å². The molecule has 0 aliphatic heterocycles. The van der Waals surface area contributed by atoms with Crippen molar-refractivity contribution in [3.63, 3.8) is 0 Å². The van der Waals surface area contributed by atoms with Gasteiger partial charge >= 0.3 is 5.97 Å². The summed E-state index contributed by atoms with van der Waals surface area (Å²) in [6, 6.07) is 5.56. The van der Waals surface area contributed by atoms with Gasteiger partial charge in [-0.05, 0) is 37.5 Å². The molecule has 0 amide bonds. The van der Waals surface area contributed by atoms with E-state index < -0.39 is 11.9 Å². The largest absolute Gasteiger partial charge is 0.481 e. The Morgan fingerprint density at radius 1 is 1.52 bits per heavy atom. The number of thiazole rings is 1. The van der Waals surface area contributed by atoms with E-state index in [0.29, 0.717) is 22.3 Å². The zero-order valence-corrected chi connectivity index (χ0v) is 14.1. The number of nitrogens with one attached hydrogen (secondary N) is 1. The fraction of sp³-hybridized carbons (Fsp3) is 0.286. The fourth-order valence-electron chi connectivity index (χ4n) is 2.42. The topological polar surface area (TPSA) is 62.2 Å². The van der Waals surface area contributed by atoms with Crippen LogP contribution in [-0.2, 0) is 11.2 Å². The Morgan fingerprint density at radius 2 is 2.33 bits per heavy atom. The van der Waals surface area contributed by atoms with Gasteiger partial charge in [-0.3, -0.25) is 4.79 Å². The van der Waals surface area contributed by atoms with Crippen LogP contribution in [0.3, 0.4) is 0 Å². The van der Waals surface area contributed by atoms with Crippen molar-refractivity contribution < 1.29 is 9.90 Å². The lowest BCUT2D eigenvalue weighted by atomic mass is 9.91. The van der Waals surface area contributed by atoms with Gasteiger partial charge in [0.2, 0.25) is 0 Å². The average Bonchev–Trinajstić information content (AvgIpc) is 2.83. The Bertz CT molecular complexity index is 704. The van der Waals surface area contributed by atoms with Crippen molar-refractivity contribution in [2.75, 3.05) is 5.32 Å². The quantitative estimate of drug-likeness (QED) is 0.793. The second-order valence-corrected chi connectivity index (χ2v) is 7.27. The molecule has 1 aliphatic rings. The Balaban J connectivity index is 1.89. The first-order valence-electron chi connectivity index (χ1n) is 6.49. The van der Waals surface area contributed by atoms with Crippen LogP contribution in [0, 0.1) is 0 Å². The van der Waals surface area contributed by atoms with Gasteiger partial charge in [-0.25, -0.2) is 4.98 Å². The summed E-state index contributed by atoms with van der Waals surface area (Å²) in [5.74, 6) is -1.28. The number of nitrogens with zero attached hydrogens (tertiary/aromatic N) is 1. The lowest BCUT2D eigenvalue weighted by Gasteiger charge is -2.16. The standard InChI is InChI=1S/C14H12BrClN2O2S/c15-7-4-5-10(9(16)6-7)17-14-18-12-8(13(19)20)2-1-3-11(12)21-14/h4-6,8H,1-3H2,(H,17,18)(H,19,20). The van der Waals surface area contributed by atoms with E-state index in [2.05, 4.69) is 26.2 Å². The van der Waals surface area contributed by atoms with E-state index >= 15 is 0 Å². The number of carbonyl (C=O) groups is 1. The van der Waals surface area contributed by atoms with Crippen molar-refractivity contribution in [2.24, 2.45) is 0 Å². The summed E-state index contributed by atoms with van der Waals surface area (Å²) in [7, 11) is 0. The lowest BCUT2D eigenvalue weighted by Crippen LogP contribution is -2.17. The first kappa shape index (κ1) is 14.8. The van der Waals surface area contributed by atoms with Crippen LogP contribution in [-0.4, -0.2) is 16.1 Å². The summed E-state index contributed by atoms with van der Waals surface area (Å²) in [4.78, 5) is 16.8. The summed E-state index contributed by atoms with van der Waals surface area (Å²) in [5, 5.41) is 13.7. The molecular weight excluding hydrogens is 376 g/mol. The number of halogens is 2. The van der Waals surface area contributed by atoms with E-state index in [1.807, 2.05) is 12.1 Å². The van der Waals surface area contributed by atoms with Crippen LogP contribution in [0.25, 0.3) is 0 Å². The number of hydrogen-bond acceptors (Lipinski definition) is 4. The van der Waals surface area contributed by atoms with Crippen molar-refractivity contribution in [1.29, 1.82) is 0 Å². The van der Waals surface area contributed by atoms with Crippen LogP contribution < -0.4 is 5.32 Å². The van der Waals surface area contributed by atoms with Crippen LogP contribution in [0.5, 0.6) is 0 Å². The number of hydrogen-bond donors (Lipinski definition) is 2. The normalized spacial score (nSPS) is 17.3. The highest BCUT2D eigenvalue weighted by molar-refractivity contribution is 9.10. The van der Waals surface area contributed by atoms with Crippen LogP contribution in [0.15, 0.2) is 22.7 Å². The molecule has 1 aliphatic carbocycles. The Hall–Kier alpha value is -1.11. The third-order valence-corrected chi connectivity index (χ3v) is 5.28. The van der Waals surface area contributed by atoms with Crippen molar-refractivity contribution in [1.82, 2.24) is 4.98 Å². The summed E-state index contributed by atoms with van der Waals surface area (Å²) in [6.45, 7) is 0. The first-order chi connectivity index (χ1) is 10.0. The average molecular weight is 388 g/mol. The first-order valence-corrected chi connectivity index (χ1v) is 8.48. The number of carboxylic acid groups (broad SMARTS) is 1. The molecular formula is C14H12BrClN2O2S. The van der Waals surface area contributed by atoms with E-state index in [-0.39, 0.29) is 0 Å². The fourth-order valence-corrected chi connectivity index (χ4v) is 4.22. The molecule has 1 aromatic carbocycles. The molecule has 3 rings (SSSR count). The molecule has 2 aromatic rings. The van der Waals surface area contributed by atoms with Crippen molar-refractivity contribution >= 4 is 55.7 Å². The van der Waals surface area contributed by atoms with Gasteiger partial charge in [-0.1, -0.05) is 27.5 Å². The number of aromatic nitrogens is 1. The number of carboxylic acids is 1. The minimum Gasteiger partial charge on any atom is -0.481 e. The monoisotopic (exact) mass is 386 g/mol. The smallest absolute Gasteiger partial charge is 0.312 e. The van der Waals surface area contributed by atoms with Gasteiger partial charge in [-0.15, -0.1) is 11.3 Å². The van der Waals surface area contributed by atoms with Crippen LogP contribution >= 0.6 is 38.9 Å². The van der Waals surface area contributed by atoms with E-state index in [4.69, 9.17) is 11.6 Å². The number of rotatable bonds is 3. The molecule has 0 radical (unpaired) electrons. The number of fused-ring (bicyclic) bond motifs is 1. The molecule has 0 fully saturated rings. The predicted octanol–water partition coefficient (Wildman–Crippen LogP) is 4.81. The molecule has 7 heteroatoms. The summed E-state index contributed by atoms with van der Waals surface area (Å²) < 4.78 is 0.905. The molecule has 2 N–H and O–H groups in total. The maximum absolute atomic E-state index is 11.3. The van der Waals surface area contributed by atoms with Gasteiger partial charge in [0.15, 0.2) is 5.13 Å². The molecule has 0 saturated heterocycles. The highest BCUT2D eigenvalue weighted by Crippen LogP contribution is 2.38. The second-order valence-electron chi connectivity index (χ2n) is 4.86. The Kier molecular flexibility index (Phi) is 4.19. The molecule has 1 heterocycles. The molecule has 21 heavy (non-hydrogen) atoms. The molecule has 1 aromatic heterocycles. The minimum absolute atomic E-state index is 0.485. The van der Waals surface area contributed by atoms with Crippen LogP contribution in [0.2, 0.25) is 5.02 Å². The number of benzene rings is 1. The van der Waals surface area contributed by atoms with Gasteiger partial charge in [-0.2, -0.15) is 0 Å². The summed E-state index contributed by atoms with van der Waals surface area (Å²) in [6.07, 6.45) is 2.45. The minimum atomic E-state index is -0.797. The molecule has 4 nitrogen and oxygen atoms in total. The maximum atomic E-state index is 11.3. The summed E-state index contributed by atoms with van der Waals surface area (Å²) in [5.41, 5.74) is 1.47.